The van der Waals surface area contributed by atoms with Gasteiger partial charge in [0, 0.05) is 17.9 Å². The van der Waals surface area contributed by atoms with Crippen LogP contribution in [-0.2, 0) is 6.42 Å². The summed E-state index contributed by atoms with van der Waals surface area (Å²) in [5, 5.41) is 12.0. The molecule has 1 aromatic rings. The number of aliphatic hydroxyl groups is 1. The molecule has 0 aromatic carbocycles. The highest BCUT2D eigenvalue weighted by molar-refractivity contribution is 5.03. The second-order valence-corrected chi connectivity index (χ2v) is 3.46. The molecule has 0 bridgehead atoms. The van der Waals surface area contributed by atoms with Crippen LogP contribution >= 0.6 is 0 Å². The molecule has 2 N–H and O–H groups in total. The molecule has 1 unspecified atom stereocenters. The zero-order chi connectivity index (χ0) is 10.2. The lowest BCUT2D eigenvalue weighted by molar-refractivity contribution is 0.251. The van der Waals surface area contributed by atoms with Gasteiger partial charge < -0.3 is 10.4 Å². The second kappa shape index (κ2) is 6.51. The highest BCUT2D eigenvalue weighted by atomic mass is 16.3. The van der Waals surface area contributed by atoms with Crippen LogP contribution in [0, 0.1) is 0 Å². The van der Waals surface area contributed by atoms with Gasteiger partial charge >= 0.3 is 0 Å². The molecule has 0 fully saturated rings. The van der Waals surface area contributed by atoms with Gasteiger partial charge in [-0.3, -0.25) is 4.98 Å². The number of aromatic nitrogens is 1. The molecular formula is C11H18N2O. The van der Waals surface area contributed by atoms with Crippen LogP contribution < -0.4 is 5.32 Å². The van der Waals surface area contributed by atoms with Crippen molar-refractivity contribution in [2.75, 3.05) is 13.2 Å². The molecule has 1 atom stereocenters. The summed E-state index contributed by atoms with van der Waals surface area (Å²) in [7, 11) is 0. The lowest BCUT2D eigenvalue weighted by Gasteiger charge is -2.09. The van der Waals surface area contributed by atoms with Crippen LogP contribution in [0.25, 0.3) is 0 Å². The van der Waals surface area contributed by atoms with Crippen LogP contribution in [0.15, 0.2) is 24.4 Å². The molecule has 0 saturated carbocycles. The quantitative estimate of drug-likeness (QED) is 0.664. The van der Waals surface area contributed by atoms with Crippen molar-refractivity contribution >= 4 is 0 Å². The van der Waals surface area contributed by atoms with E-state index in [4.69, 9.17) is 5.11 Å². The second-order valence-electron chi connectivity index (χ2n) is 3.46. The van der Waals surface area contributed by atoms with Gasteiger partial charge in [-0.15, -0.1) is 0 Å². The van der Waals surface area contributed by atoms with Gasteiger partial charge in [-0.1, -0.05) is 6.07 Å². The molecule has 0 aliphatic carbocycles. The third-order valence-corrected chi connectivity index (χ3v) is 2.10. The molecule has 0 aliphatic rings. The van der Waals surface area contributed by atoms with E-state index in [1.165, 1.54) is 0 Å². The third-order valence-electron chi connectivity index (χ3n) is 2.10. The van der Waals surface area contributed by atoms with E-state index in [0.29, 0.717) is 0 Å². The summed E-state index contributed by atoms with van der Waals surface area (Å²) in [5.74, 6) is 0. The molecule has 0 spiro atoms. The lowest BCUT2D eigenvalue weighted by Crippen LogP contribution is -2.30. The van der Waals surface area contributed by atoms with Crippen molar-refractivity contribution in [1.29, 1.82) is 0 Å². The van der Waals surface area contributed by atoms with Gasteiger partial charge in [0.15, 0.2) is 0 Å². The molecular weight excluding hydrogens is 176 g/mol. The zero-order valence-corrected chi connectivity index (χ0v) is 8.61. The van der Waals surface area contributed by atoms with E-state index >= 15 is 0 Å². The lowest BCUT2D eigenvalue weighted by atomic mass is 10.2. The van der Waals surface area contributed by atoms with Crippen molar-refractivity contribution in [3.63, 3.8) is 0 Å². The van der Waals surface area contributed by atoms with Crippen LogP contribution in [-0.4, -0.2) is 29.3 Å². The molecule has 1 rings (SSSR count). The summed E-state index contributed by atoms with van der Waals surface area (Å²) in [5.41, 5.74) is 1.13. The standard InChI is InChI=1S/C11H18N2O/c1-10(9-14)12-8-4-6-11-5-2-3-7-13-11/h2-3,5,7,10,12,14H,4,6,8-9H2,1H3. The number of hydrogen-bond donors (Lipinski definition) is 2. The molecule has 0 saturated heterocycles. The van der Waals surface area contributed by atoms with Gasteiger partial charge in [0.05, 0.1) is 6.61 Å². The molecule has 3 heteroatoms. The van der Waals surface area contributed by atoms with E-state index in [1.54, 1.807) is 0 Å². The van der Waals surface area contributed by atoms with E-state index in [1.807, 2.05) is 31.3 Å². The highest BCUT2D eigenvalue weighted by Gasteiger charge is 1.97. The van der Waals surface area contributed by atoms with Crippen LogP contribution in [0.3, 0.4) is 0 Å². The Hall–Kier alpha value is -0.930. The summed E-state index contributed by atoms with van der Waals surface area (Å²) in [4.78, 5) is 4.24. The molecule has 1 aromatic heterocycles. The van der Waals surface area contributed by atoms with E-state index in [9.17, 15) is 0 Å². The van der Waals surface area contributed by atoms with Crippen LogP contribution in [0.4, 0.5) is 0 Å². The Morgan fingerprint density at radius 3 is 3.00 bits per heavy atom. The Balaban J connectivity index is 2.10. The Labute approximate surface area is 85.2 Å². The fourth-order valence-corrected chi connectivity index (χ4v) is 1.23. The smallest absolute Gasteiger partial charge is 0.0581 e. The maximum atomic E-state index is 8.78. The van der Waals surface area contributed by atoms with Gasteiger partial charge in [-0.2, -0.15) is 0 Å². The van der Waals surface area contributed by atoms with Crippen molar-refractivity contribution < 1.29 is 5.11 Å². The number of nitrogens with zero attached hydrogens (tertiary/aromatic N) is 1. The molecule has 0 radical (unpaired) electrons. The minimum absolute atomic E-state index is 0.193. The summed E-state index contributed by atoms with van der Waals surface area (Å²) in [6.45, 7) is 3.10. The van der Waals surface area contributed by atoms with Gasteiger partial charge in [-0.25, -0.2) is 0 Å². The average Bonchev–Trinajstić information content (AvgIpc) is 2.25. The number of aryl methyl sites for hydroxylation is 1. The van der Waals surface area contributed by atoms with Crippen molar-refractivity contribution in [2.24, 2.45) is 0 Å². The Morgan fingerprint density at radius 1 is 1.50 bits per heavy atom. The molecule has 1 heterocycles. The molecule has 14 heavy (non-hydrogen) atoms. The average molecular weight is 194 g/mol. The van der Waals surface area contributed by atoms with Crippen molar-refractivity contribution in [3.8, 4) is 0 Å². The summed E-state index contributed by atoms with van der Waals surface area (Å²) in [6, 6.07) is 6.16. The Kier molecular flexibility index (Phi) is 5.19. The first-order chi connectivity index (χ1) is 6.83. The first-order valence-corrected chi connectivity index (χ1v) is 5.07. The van der Waals surface area contributed by atoms with Crippen molar-refractivity contribution in [1.82, 2.24) is 10.3 Å². The van der Waals surface area contributed by atoms with Crippen LogP contribution in [0.2, 0.25) is 0 Å². The summed E-state index contributed by atoms with van der Waals surface area (Å²) < 4.78 is 0. The molecule has 0 aliphatic heterocycles. The number of nitrogens with one attached hydrogen (secondary N) is 1. The van der Waals surface area contributed by atoms with Crippen LogP contribution in [0.5, 0.6) is 0 Å². The largest absolute Gasteiger partial charge is 0.395 e. The maximum Gasteiger partial charge on any atom is 0.0581 e. The Morgan fingerprint density at radius 2 is 2.36 bits per heavy atom. The maximum absolute atomic E-state index is 8.78. The third kappa shape index (κ3) is 4.35. The predicted octanol–water partition coefficient (Wildman–Crippen LogP) is 0.985. The normalized spacial score (nSPS) is 12.7. The van der Waals surface area contributed by atoms with Gasteiger partial charge in [0.1, 0.15) is 0 Å². The number of aliphatic hydroxyl groups excluding tert-OH is 1. The van der Waals surface area contributed by atoms with E-state index in [0.717, 1.165) is 25.1 Å². The first-order valence-electron chi connectivity index (χ1n) is 5.07. The fraction of sp³-hybridized carbons (Fsp3) is 0.545. The van der Waals surface area contributed by atoms with Crippen LogP contribution in [0.1, 0.15) is 19.0 Å². The minimum Gasteiger partial charge on any atom is -0.395 e. The zero-order valence-electron chi connectivity index (χ0n) is 8.61. The minimum atomic E-state index is 0.193. The van der Waals surface area contributed by atoms with E-state index in [2.05, 4.69) is 10.3 Å². The SMILES string of the molecule is CC(CO)NCCCc1ccccn1. The topological polar surface area (TPSA) is 45.1 Å². The van der Waals surface area contributed by atoms with Gasteiger partial charge in [0.25, 0.3) is 0 Å². The first kappa shape index (κ1) is 11.1. The summed E-state index contributed by atoms with van der Waals surface area (Å²) >= 11 is 0. The van der Waals surface area contributed by atoms with Gasteiger partial charge in [-0.05, 0) is 38.4 Å². The van der Waals surface area contributed by atoms with Gasteiger partial charge in [0.2, 0.25) is 0 Å². The molecule has 3 nitrogen and oxygen atoms in total. The van der Waals surface area contributed by atoms with E-state index in [-0.39, 0.29) is 12.6 Å². The fourth-order valence-electron chi connectivity index (χ4n) is 1.23. The highest BCUT2D eigenvalue weighted by Crippen LogP contribution is 1.97. The summed E-state index contributed by atoms with van der Waals surface area (Å²) in [6.07, 6.45) is 3.87. The molecule has 0 amide bonds. The number of rotatable bonds is 6. The predicted molar refractivity (Wildman–Crippen MR) is 57.1 cm³/mol. The number of hydrogen-bond acceptors (Lipinski definition) is 3. The number of pyridine rings is 1. The van der Waals surface area contributed by atoms with E-state index < -0.39 is 0 Å². The van der Waals surface area contributed by atoms with Crippen molar-refractivity contribution in [3.05, 3.63) is 30.1 Å². The Bertz CT molecular complexity index is 238. The van der Waals surface area contributed by atoms with Crippen molar-refractivity contribution in [2.45, 2.75) is 25.8 Å². The monoisotopic (exact) mass is 194 g/mol. The molecule has 78 valence electrons.